The summed E-state index contributed by atoms with van der Waals surface area (Å²) in [6.45, 7) is 1.55. The number of aliphatic hydroxyl groups is 2. The lowest BCUT2D eigenvalue weighted by Gasteiger charge is -2.22. The summed E-state index contributed by atoms with van der Waals surface area (Å²) in [6, 6.07) is 0. The molecule has 0 aliphatic carbocycles. The number of rotatable bonds is 7. The number of alkyl halides is 1. The van der Waals surface area contributed by atoms with Gasteiger partial charge in [0, 0.05) is 7.11 Å². The van der Waals surface area contributed by atoms with Gasteiger partial charge in [-0.25, -0.2) is 13.9 Å². The van der Waals surface area contributed by atoms with Gasteiger partial charge in [-0.3, -0.25) is 0 Å². The number of anilines is 1. The molecule has 0 fully saturated rings. The van der Waals surface area contributed by atoms with Gasteiger partial charge < -0.3 is 25.4 Å². The van der Waals surface area contributed by atoms with Crippen LogP contribution in [0.5, 0.6) is 5.88 Å². The first-order valence-electron chi connectivity index (χ1n) is 6.63. The Morgan fingerprint density at radius 1 is 1.50 bits per heavy atom. The standard InChI is InChI=1S/C12H18FN5O4/c1-3-22-11-10-15-4-6(18(10)17-12(14)16-11)8(13)9(20)7(5-19)21-2/h4,7-9,19-20H,3,5H2,1-2H3,(H2,14,17)/t7-,8+,9-/m1/s1. The van der Waals surface area contributed by atoms with Crippen LogP contribution in [0.25, 0.3) is 5.65 Å². The van der Waals surface area contributed by atoms with Gasteiger partial charge in [0.05, 0.1) is 19.4 Å². The lowest BCUT2D eigenvalue weighted by atomic mass is 10.1. The van der Waals surface area contributed by atoms with Gasteiger partial charge in [0.15, 0.2) is 6.17 Å². The predicted molar refractivity (Wildman–Crippen MR) is 74.1 cm³/mol. The van der Waals surface area contributed by atoms with Crippen molar-refractivity contribution in [1.82, 2.24) is 19.6 Å². The number of halogens is 1. The van der Waals surface area contributed by atoms with E-state index in [0.29, 0.717) is 6.61 Å². The summed E-state index contributed by atoms with van der Waals surface area (Å²) in [7, 11) is 1.26. The number of aliphatic hydroxyl groups excluding tert-OH is 2. The second-order valence-electron chi connectivity index (χ2n) is 4.48. The minimum atomic E-state index is -1.89. The number of ether oxygens (including phenoxy) is 2. The second kappa shape index (κ2) is 6.81. The first-order chi connectivity index (χ1) is 10.5. The Bertz CT molecular complexity index is 633. The van der Waals surface area contributed by atoms with Crippen LogP contribution in [0.2, 0.25) is 0 Å². The molecule has 0 aliphatic heterocycles. The summed E-state index contributed by atoms with van der Waals surface area (Å²) >= 11 is 0. The van der Waals surface area contributed by atoms with Crippen molar-refractivity contribution in [1.29, 1.82) is 0 Å². The van der Waals surface area contributed by atoms with Crippen LogP contribution in [-0.4, -0.2) is 62.3 Å². The molecule has 0 radical (unpaired) electrons. The van der Waals surface area contributed by atoms with Crippen molar-refractivity contribution in [2.45, 2.75) is 25.3 Å². The Balaban J connectivity index is 2.43. The third kappa shape index (κ3) is 2.93. The van der Waals surface area contributed by atoms with E-state index in [1.54, 1.807) is 6.92 Å². The largest absolute Gasteiger partial charge is 0.475 e. The average Bonchev–Trinajstić information content (AvgIpc) is 2.91. The molecular formula is C12H18FN5O4. The first kappa shape index (κ1) is 16.3. The Kier molecular flexibility index (Phi) is 5.06. The van der Waals surface area contributed by atoms with Crippen molar-refractivity contribution in [2.75, 3.05) is 26.1 Å². The molecule has 10 heteroatoms. The molecule has 0 aromatic carbocycles. The molecular weight excluding hydrogens is 297 g/mol. The maximum atomic E-state index is 14.5. The van der Waals surface area contributed by atoms with Crippen molar-refractivity contribution in [3.8, 4) is 5.88 Å². The van der Waals surface area contributed by atoms with Gasteiger partial charge in [-0.05, 0) is 6.92 Å². The molecule has 0 unspecified atom stereocenters. The molecule has 122 valence electrons. The topological polar surface area (TPSA) is 128 Å². The van der Waals surface area contributed by atoms with Crippen LogP contribution >= 0.6 is 0 Å². The quantitative estimate of drug-likeness (QED) is 0.623. The zero-order valence-electron chi connectivity index (χ0n) is 12.2. The fraction of sp³-hybridized carbons (Fsp3) is 0.583. The van der Waals surface area contributed by atoms with E-state index in [4.69, 9.17) is 20.3 Å². The van der Waals surface area contributed by atoms with Gasteiger partial charge in [-0.2, -0.15) is 4.98 Å². The lowest BCUT2D eigenvalue weighted by Crippen LogP contribution is -2.35. The molecule has 0 spiro atoms. The number of aromatic nitrogens is 4. The van der Waals surface area contributed by atoms with E-state index in [1.807, 2.05) is 0 Å². The minimum absolute atomic E-state index is 0.0481. The zero-order chi connectivity index (χ0) is 16.3. The molecule has 0 aliphatic rings. The van der Waals surface area contributed by atoms with E-state index in [2.05, 4.69) is 15.1 Å². The number of hydrogen-bond acceptors (Lipinski definition) is 8. The van der Waals surface area contributed by atoms with Gasteiger partial charge in [-0.15, -0.1) is 5.10 Å². The first-order valence-corrected chi connectivity index (χ1v) is 6.63. The van der Waals surface area contributed by atoms with Crippen molar-refractivity contribution < 1.29 is 24.1 Å². The number of nitrogen functional groups attached to an aromatic ring is 1. The van der Waals surface area contributed by atoms with E-state index >= 15 is 0 Å². The van der Waals surface area contributed by atoms with E-state index in [9.17, 15) is 9.50 Å². The number of nitrogens with two attached hydrogens (primary N) is 1. The van der Waals surface area contributed by atoms with Crippen molar-refractivity contribution in [2.24, 2.45) is 0 Å². The van der Waals surface area contributed by atoms with E-state index in [-0.39, 0.29) is 23.2 Å². The zero-order valence-corrected chi connectivity index (χ0v) is 12.2. The molecule has 2 rings (SSSR count). The predicted octanol–water partition coefficient (Wildman–Crippen LogP) is -0.516. The molecule has 22 heavy (non-hydrogen) atoms. The maximum absolute atomic E-state index is 14.5. The van der Waals surface area contributed by atoms with E-state index < -0.39 is 25.0 Å². The summed E-state index contributed by atoms with van der Waals surface area (Å²) in [5.41, 5.74) is 5.70. The molecule has 0 saturated heterocycles. The van der Waals surface area contributed by atoms with Gasteiger partial charge in [0.1, 0.15) is 17.9 Å². The molecule has 2 aromatic rings. The third-order valence-electron chi connectivity index (χ3n) is 3.10. The SMILES string of the molecule is CCOc1nc(N)nn2c([C@H](F)[C@H](O)[C@@H](CO)OC)cnc12. The van der Waals surface area contributed by atoms with Crippen LogP contribution in [-0.2, 0) is 4.74 Å². The fourth-order valence-corrected chi connectivity index (χ4v) is 2.00. The minimum Gasteiger partial charge on any atom is -0.475 e. The highest BCUT2D eigenvalue weighted by molar-refractivity contribution is 5.51. The molecule has 2 aromatic heterocycles. The van der Waals surface area contributed by atoms with E-state index in [0.717, 1.165) is 4.52 Å². The molecule has 0 saturated carbocycles. The van der Waals surface area contributed by atoms with Crippen LogP contribution in [0.1, 0.15) is 18.8 Å². The molecule has 2 heterocycles. The summed E-state index contributed by atoms with van der Waals surface area (Å²) in [5.74, 6) is -0.00395. The van der Waals surface area contributed by atoms with Crippen molar-refractivity contribution in [3.05, 3.63) is 11.9 Å². The molecule has 4 N–H and O–H groups in total. The van der Waals surface area contributed by atoms with Gasteiger partial charge in [0.2, 0.25) is 11.6 Å². The van der Waals surface area contributed by atoms with Gasteiger partial charge in [-0.1, -0.05) is 0 Å². The van der Waals surface area contributed by atoms with Crippen LogP contribution in [0.4, 0.5) is 10.3 Å². The highest BCUT2D eigenvalue weighted by atomic mass is 19.1. The van der Waals surface area contributed by atoms with Crippen LogP contribution in [0, 0.1) is 0 Å². The molecule has 0 amide bonds. The lowest BCUT2D eigenvalue weighted by molar-refractivity contribution is -0.0741. The summed E-state index contributed by atoms with van der Waals surface area (Å²) in [4.78, 5) is 7.88. The van der Waals surface area contributed by atoms with E-state index in [1.165, 1.54) is 13.3 Å². The summed E-state index contributed by atoms with van der Waals surface area (Å²) in [5, 5.41) is 22.9. The highest BCUT2D eigenvalue weighted by Crippen LogP contribution is 2.27. The fourth-order valence-electron chi connectivity index (χ4n) is 2.00. The third-order valence-corrected chi connectivity index (χ3v) is 3.10. The Morgan fingerprint density at radius 3 is 2.82 bits per heavy atom. The number of fused-ring (bicyclic) bond motifs is 1. The summed E-state index contributed by atoms with van der Waals surface area (Å²) < 4.78 is 25.7. The summed E-state index contributed by atoms with van der Waals surface area (Å²) in [6.07, 6.45) is -3.37. The Morgan fingerprint density at radius 2 is 2.23 bits per heavy atom. The van der Waals surface area contributed by atoms with Gasteiger partial charge >= 0.3 is 0 Å². The second-order valence-corrected chi connectivity index (χ2v) is 4.48. The molecule has 9 nitrogen and oxygen atoms in total. The Hall–Kier alpha value is -2.04. The van der Waals surface area contributed by atoms with Gasteiger partial charge in [0.25, 0.3) is 5.88 Å². The number of methoxy groups -OCH3 is 1. The van der Waals surface area contributed by atoms with Crippen molar-refractivity contribution >= 4 is 11.6 Å². The molecule has 3 atom stereocenters. The smallest absolute Gasteiger partial charge is 0.263 e. The van der Waals surface area contributed by atoms with Crippen LogP contribution in [0.15, 0.2) is 6.20 Å². The maximum Gasteiger partial charge on any atom is 0.263 e. The Labute approximate surface area is 125 Å². The number of nitrogens with zero attached hydrogens (tertiary/aromatic N) is 4. The highest BCUT2D eigenvalue weighted by Gasteiger charge is 2.32. The normalized spacial score (nSPS) is 15.7. The number of imidazole rings is 1. The molecule has 0 bridgehead atoms. The van der Waals surface area contributed by atoms with Crippen LogP contribution < -0.4 is 10.5 Å². The average molecular weight is 315 g/mol. The monoisotopic (exact) mass is 315 g/mol. The van der Waals surface area contributed by atoms with Crippen molar-refractivity contribution in [3.63, 3.8) is 0 Å². The number of hydrogen-bond donors (Lipinski definition) is 3. The van der Waals surface area contributed by atoms with Crippen LogP contribution in [0.3, 0.4) is 0 Å².